The van der Waals surface area contributed by atoms with Crippen LogP contribution < -0.4 is 5.32 Å². The van der Waals surface area contributed by atoms with Crippen molar-refractivity contribution in [1.82, 2.24) is 10.2 Å². The average molecular weight is 294 g/mol. The molecule has 2 saturated carbocycles. The summed E-state index contributed by atoms with van der Waals surface area (Å²) < 4.78 is 0. The number of nitrogens with zero attached hydrogens (tertiary/aromatic N) is 1. The highest BCUT2D eigenvalue weighted by Crippen LogP contribution is 2.37. The summed E-state index contributed by atoms with van der Waals surface area (Å²) in [4.78, 5) is 13.7. The Morgan fingerprint density at radius 2 is 1.90 bits per heavy atom. The SMILES string of the molecule is CC(C1CC1)N1CC(CC(=O)O)CC(NC2CCCC2)C1. The first-order valence-corrected chi connectivity index (χ1v) is 8.83. The number of likely N-dealkylation sites (tertiary alicyclic amines) is 1. The molecule has 3 atom stereocenters. The number of rotatable bonds is 6. The molecule has 1 aliphatic heterocycles. The maximum atomic E-state index is 11.1. The summed E-state index contributed by atoms with van der Waals surface area (Å²) in [5, 5.41) is 13.0. The maximum Gasteiger partial charge on any atom is 0.303 e. The van der Waals surface area contributed by atoms with Crippen molar-refractivity contribution < 1.29 is 9.90 Å². The molecule has 0 spiro atoms. The molecule has 120 valence electrons. The molecule has 0 radical (unpaired) electrons. The topological polar surface area (TPSA) is 52.6 Å². The van der Waals surface area contributed by atoms with E-state index in [0.29, 0.717) is 30.5 Å². The van der Waals surface area contributed by atoms with E-state index in [1.54, 1.807) is 0 Å². The molecule has 3 fully saturated rings. The van der Waals surface area contributed by atoms with Crippen LogP contribution in [0.4, 0.5) is 0 Å². The highest BCUT2D eigenvalue weighted by molar-refractivity contribution is 5.67. The lowest BCUT2D eigenvalue weighted by Crippen LogP contribution is -2.54. The van der Waals surface area contributed by atoms with Crippen molar-refractivity contribution >= 4 is 5.97 Å². The first-order valence-electron chi connectivity index (χ1n) is 8.83. The molecule has 1 heterocycles. The van der Waals surface area contributed by atoms with Crippen molar-refractivity contribution in [2.45, 2.75) is 76.4 Å². The second-order valence-corrected chi connectivity index (χ2v) is 7.58. The van der Waals surface area contributed by atoms with E-state index in [-0.39, 0.29) is 0 Å². The molecule has 0 aromatic carbocycles. The van der Waals surface area contributed by atoms with Crippen LogP contribution in [0.3, 0.4) is 0 Å². The number of carboxylic acids is 1. The Labute approximate surface area is 128 Å². The van der Waals surface area contributed by atoms with E-state index in [0.717, 1.165) is 25.4 Å². The molecule has 2 aliphatic carbocycles. The van der Waals surface area contributed by atoms with Gasteiger partial charge in [0.1, 0.15) is 0 Å². The van der Waals surface area contributed by atoms with Gasteiger partial charge in [0, 0.05) is 37.6 Å². The van der Waals surface area contributed by atoms with Gasteiger partial charge >= 0.3 is 5.97 Å². The van der Waals surface area contributed by atoms with Crippen LogP contribution in [0.1, 0.15) is 58.3 Å². The van der Waals surface area contributed by atoms with Gasteiger partial charge in [-0.15, -0.1) is 0 Å². The maximum absolute atomic E-state index is 11.1. The van der Waals surface area contributed by atoms with E-state index >= 15 is 0 Å². The summed E-state index contributed by atoms with van der Waals surface area (Å²) in [6.45, 7) is 4.44. The third kappa shape index (κ3) is 4.19. The van der Waals surface area contributed by atoms with Crippen LogP contribution in [-0.4, -0.2) is 47.2 Å². The molecule has 0 amide bonds. The quantitative estimate of drug-likeness (QED) is 0.790. The fourth-order valence-corrected chi connectivity index (χ4v) is 4.39. The predicted octanol–water partition coefficient (Wildman–Crippen LogP) is 2.48. The van der Waals surface area contributed by atoms with Crippen LogP contribution in [-0.2, 0) is 4.79 Å². The molecule has 2 N–H and O–H groups in total. The number of carbonyl (C=O) groups is 1. The first kappa shape index (κ1) is 15.3. The molecule has 3 rings (SSSR count). The Morgan fingerprint density at radius 1 is 1.19 bits per heavy atom. The van der Waals surface area contributed by atoms with Crippen LogP contribution in [0.5, 0.6) is 0 Å². The fourth-order valence-electron chi connectivity index (χ4n) is 4.39. The number of hydrogen-bond donors (Lipinski definition) is 2. The van der Waals surface area contributed by atoms with E-state index in [9.17, 15) is 4.79 Å². The smallest absolute Gasteiger partial charge is 0.303 e. The number of aliphatic carboxylic acids is 1. The molecular weight excluding hydrogens is 264 g/mol. The van der Waals surface area contributed by atoms with Gasteiger partial charge in [-0.1, -0.05) is 12.8 Å². The summed E-state index contributed by atoms with van der Waals surface area (Å²) in [5.41, 5.74) is 0. The van der Waals surface area contributed by atoms with E-state index in [2.05, 4.69) is 17.1 Å². The van der Waals surface area contributed by atoms with Gasteiger partial charge in [-0.3, -0.25) is 9.69 Å². The Balaban J connectivity index is 1.59. The molecule has 1 saturated heterocycles. The molecule has 21 heavy (non-hydrogen) atoms. The van der Waals surface area contributed by atoms with Gasteiger partial charge in [0.2, 0.25) is 0 Å². The summed E-state index contributed by atoms with van der Waals surface area (Å²) in [5.74, 6) is 0.539. The molecule has 0 aromatic rings. The van der Waals surface area contributed by atoms with E-state index in [4.69, 9.17) is 5.11 Å². The van der Waals surface area contributed by atoms with E-state index < -0.39 is 5.97 Å². The van der Waals surface area contributed by atoms with Crippen molar-refractivity contribution in [3.05, 3.63) is 0 Å². The average Bonchev–Trinajstić information content (AvgIpc) is 3.16. The largest absolute Gasteiger partial charge is 0.481 e. The predicted molar refractivity (Wildman–Crippen MR) is 83.3 cm³/mol. The van der Waals surface area contributed by atoms with Crippen molar-refractivity contribution in [3.8, 4) is 0 Å². The zero-order valence-corrected chi connectivity index (χ0v) is 13.3. The van der Waals surface area contributed by atoms with Crippen LogP contribution in [0.15, 0.2) is 0 Å². The lowest BCUT2D eigenvalue weighted by atomic mass is 9.89. The Bertz CT molecular complexity index is 364. The van der Waals surface area contributed by atoms with Crippen LogP contribution >= 0.6 is 0 Å². The first-order chi connectivity index (χ1) is 10.1. The van der Waals surface area contributed by atoms with Crippen molar-refractivity contribution in [2.24, 2.45) is 11.8 Å². The van der Waals surface area contributed by atoms with Gasteiger partial charge in [0.25, 0.3) is 0 Å². The molecule has 0 bridgehead atoms. The Hall–Kier alpha value is -0.610. The minimum absolute atomic E-state index is 0.316. The lowest BCUT2D eigenvalue weighted by molar-refractivity contribution is -0.138. The zero-order valence-electron chi connectivity index (χ0n) is 13.3. The Morgan fingerprint density at radius 3 is 2.52 bits per heavy atom. The third-order valence-corrected chi connectivity index (χ3v) is 5.74. The summed E-state index contributed by atoms with van der Waals surface area (Å²) >= 11 is 0. The summed E-state index contributed by atoms with van der Waals surface area (Å²) in [7, 11) is 0. The standard InChI is InChI=1S/C17H30N2O2/c1-12(14-6-7-14)19-10-13(9-17(20)21)8-16(11-19)18-15-4-2-3-5-15/h12-16,18H,2-11H2,1H3,(H,20,21). The monoisotopic (exact) mass is 294 g/mol. The molecule has 4 nitrogen and oxygen atoms in total. The van der Waals surface area contributed by atoms with E-state index in [1.807, 2.05) is 0 Å². The third-order valence-electron chi connectivity index (χ3n) is 5.74. The molecule has 4 heteroatoms. The molecular formula is C17H30N2O2. The van der Waals surface area contributed by atoms with Gasteiger partial charge in [-0.25, -0.2) is 0 Å². The number of hydrogen-bond acceptors (Lipinski definition) is 3. The highest BCUT2D eigenvalue weighted by atomic mass is 16.4. The zero-order chi connectivity index (χ0) is 14.8. The van der Waals surface area contributed by atoms with E-state index in [1.165, 1.54) is 38.5 Å². The number of piperidine rings is 1. The summed E-state index contributed by atoms with van der Waals surface area (Å²) in [6, 6.07) is 1.80. The second-order valence-electron chi connectivity index (χ2n) is 7.58. The molecule has 3 unspecified atom stereocenters. The Kier molecular flexibility index (Phi) is 4.85. The number of carboxylic acid groups (broad SMARTS) is 1. The van der Waals surface area contributed by atoms with Crippen molar-refractivity contribution in [2.75, 3.05) is 13.1 Å². The minimum atomic E-state index is -0.638. The normalized spacial score (nSPS) is 33.2. The fraction of sp³-hybridized carbons (Fsp3) is 0.941. The van der Waals surface area contributed by atoms with Crippen molar-refractivity contribution in [3.63, 3.8) is 0 Å². The van der Waals surface area contributed by atoms with Crippen molar-refractivity contribution in [1.29, 1.82) is 0 Å². The van der Waals surface area contributed by atoms with Crippen LogP contribution in [0, 0.1) is 11.8 Å². The number of nitrogens with one attached hydrogen (secondary N) is 1. The molecule has 3 aliphatic rings. The summed E-state index contributed by atoms with van der Waals surface area (Å²) in [6.07, 6.45) is 9.41. The van der Waals surface area contributed by atoms with Crippen LogP contribution in [0.25, 0.3) is 0 Å². The van der Waals surface area contributed by atoms with Gasteiger partial charge < -0.3 is 10.4 Å². The minimum Gasteiger partial charge on any atom is -0.481 e. The van der Waals surface area contributed by atoms with Gasteiger partial charge in [0.15, 0.2) is 0 Å². The highest BCUT2D eigenvalue weighted by Gasteiger charge is 2.37. The van der Waals surface area contributed by atoms with Gasteiger partial charge in [0.05, 0.1) is 0 Å². The van der Waals surface area contributed by atoms with Crippen LogP contribution in [0.2, 0.25) is 0 Å². The molecule has 0 aromatic heterocycles. The van der Waals surface area contributed by atoms with Gasteiger partial charge in [-0.05, 0) is 50.9 Å². The second kappa shape index (κ2) is 6.66. The lowest BCUT2D eigenvalue weighted by Gasteiger charge is -2.42. The van der Waals surface area contributed by atoms with Gasteiger partial charge in [-0.2, -0.15) is 0 Å².